The summed E-state index contributed by atoms with van der Waals surface area (Å²) in [6, 6.07) is 62.6. The molecule has 6 aromatic heterocycles. The Morgan fingerprint density at radius 1 is 0.356 bits per heavy atom. The number of pyridine rings is 2. The van der Waals surface area contributed by atoms with Gasteiger partial charge in [0.15, 0.2) is 0 Å². The summed E-state index contributed by atoms with van der Waals surface area (Å²) >= 11 is 0. The molecule has 12 rings (SSSR count). The number of rotatable bonds is 6. The Morgan fingerprint density at radius 3 is 1.46 bits per heavy atom. The molecule has 0 aliphatic rings. The van der Waals surface area contributed by atoms with E-state index in [1.54, 1.807) is 12.4 Å². The SMILES string of the molecule is c1ccc(-c2nc3c4c5ccccc5n(-c5ccccc5)c4c4c5ccccc5n(-c5nc(-c6ccccn6)cc(-c6ccccn6)n5)c4c3n2-c2ccccc2)cc1. The molecule has 0 saturated carbocycles. The number of hydrogen-bond donors (Lipinski definition) is 0. The van der Waals surface area contributed by atoms with Gasteiger partial charge < -0.3 is 4.57 Å². The van der Waals surface area contributed by atoms with Crippen molar-refractivity contribution in [2.75, 3.05) is 0 Å². The van der Waals surface area contributed by atoms with E-state index in [1.165, 1.54) is 0 Å². The summed E-state index contributed by atoms with van der Waals surface area (Å²) in [5.41, 5.74) is 11.9. The van der Waals surface area contributed by atoms with Crippen LogP contribution in [0.4, 0.5) is 0 Å². The molecule has 12 aromatic rings. The zero-order valence-corrected chi connectivity index (χ0v) is 31.6. The van der Waals surface area contributed by atoms with Gasteiger partial charge in [-0.1, -0.05) is 115 Å². The van der Waals surface area contributed by atoms with E-state index in [4.69, 9.17) is 24.9 Å². The first-order valence-electron chi connectivity index (χ1n) is 19.6. The van der Waals surface area contributed by atoms with E-state index in [9.17, 15) is 0 Å². The van der Waals surface area contributed by atoms with Crippen LogP contribution >= 0.6 is 0 Å². The quantitative estimate of drug-likeness (QED) is 0.169. The van der Waals surface area contributed by atoms with Crippen LogP contribution in [0.1, 0.15) is 0 Å². The van der Waals surface area contributed by atoms with Gasteiger partial charge in [0.1, 0.15) is 11.3 Å². The Labute approximate surface area is 338 Å². The molecule has 0 unspecified atom stereocenters. The van der Waals surface area contributed by atoms with Crippen LogP contribution in [0.5, 0.6) is 0 Å². The fraction of sp³-hybridized carbons (Fsp3) is 0. The van der Waals surface area contributed by atoms with Gasteiger partial charge in [-0.25, -0.2) is 15.0 Å². The summed E-state index contributed by atoms with van der Waals surface area (Å²) in [6.07, 6.45) is 3.59. The van der Waals surface area contributed by atoms with Crippen LogP contribution in [-0.2, 0) is 0 Å². The molecule has 0 N–H and O–H groups in total. The molecule has 0 radical (unpaired) electrons. The predicted octanol–water partition coefficient (Wildman–Crippen LogP) is 11.8. The summed E-state index contributed by atoms with van der Waals surface area (Å²) in [5, 5.41) is 4.35. The molecule has 0 spiro atoms. The van der Waals surface area contributed by atoms with Crippen molar-refractivity contribution in [3.05, 3.63) is 194 Å². The zero-order chi connectivity index (χ0) is 38.9. The van der Waals surface area contributed by atoms with Crippen LogP contribution < -0.4 is 0 Å². The molecule has 0 bridgehead atoms. The molecule has 276 valence electrons. The summed E-state index contributed by atoms with van der Waals surface area (Å²) < 4.78 is 6.95. The normalized spacial score (nSPS) is 11.7. The second kappa shape index (κ2) is 13.2. The van der Waals surface area contributed by atoms with Crippen LogP contribution in [0.3, 0.4) is 0 Å². The molecule has 6 heterocycles. The first-order valence-corrected chi connectivity index (χ1v) is 19.6. The van der Waals surface area contributed by atoms with Gasteiger partial charge in [0.05, 0.1) is 50.4 Å². The summed E-state index contributed by atoms with van der Waals surface area (Å²) in [4.78, 5) is 25.9. The third-order valence-corrected chi connectivity index (χ3v) is 11.2. The van der Waals surface area contributed by atoms with E-state index < -0.39 is 0 Å². The summed E-state index contributed by atoms with van der Waals surface area (Å²) in [6.45, 7) is 0. The van der Waals surface area contributed by atoms with Gasteiger partial charge in [-0.2, -0.15) is 0 Å². The highest BCUT2D eigenvalue weighted by atomic mass is 15.2. The predicted molar refractivity (Wildman–Crippen MR) is 237 cm³/mol. The zero-order valence-electron chi connectivity index (χ0n) is 31.6. The van der Waals surface area contributed by atoms with E-state index in [-0.39, 0.29) is 0 Å². The molecule has 0 aliphatic heterocycles. The van der Waals surface area contributed by atoms with Crippen molar-refractivity contribution < 1.29 is 0 Å². The van der Waals surface area contributed by atoms with Crippen molar-refractivity contribution in [1.82, 2.24) is 38.6 Å². The van der Waals surface area contributed by atoms with E-state index >= 15 is 0 Å². The maximum absolute atomic E-state index is 5.71. The van der Waals surface area contributed by atoms with Crippen LogP contribution in [0.25, 0.3) is 106 Å². The van der Waals surface area contributed by atoms with E-state index in [1.807, 2.05) is 48.5 Å². The van der Waals surface area contributed by atoms with Gasteiger partial charge in [-0.3, -0.25) is 19.1 Å². The summed E-state index contributed by atoms with van der Waals surface area (Å²) in [5.74, 6) is 1.34. The molecule has 8 nitrogen and oxygen atoms in total. The molecule has 0 aliphatic carbocycles. The lowest BCUT2D eigenvalue weighted by molar-refractivity contribution is 0.987. The average Bonchev–Trinajstić information content (AvgIpc) is 3.99. The molecule has 59 heavy (non-hydrogen) atoms. The highest BCUT2D eigenvalue weighted by Crippen LogP contribution is 2.48. The summed E-state index contributed by atoms with van der Waals surface area (Å²) in [7, 11) is 0. The van der Waals surface area contributed by atoms with Crippen molar-refractivity contribution >= 4 is 54.6 Å². The molecular formula is C51H32N8. The Kier molecular flexibility index (Phi) is 7.36. The standard InChI is InChI=1S/C51H32N8/c1-4-18-33(19-5-1)50-56-46-44-36-24-10-12-28-42(36)57(34-20-6-2-7-21-34)47(44)45-37-25-11-13-29-43(37)59(48(45)49(46)58(50)35-22-8-3-9-23-35)51-54-40(38-26-14-16-30-52-38)32-41(55-51)39-27-15-17-31-53-39/h1-32H. The monoisotopic (exact) mass is 756 g/mol. The average molecular weight is 757 g/mol. The first kappa shape index (κ1) is 33.0. The smallest absolute Gasteiger partial charge is 0.235 e. The Balaban J connectivity index is 1.37. The van der Waals surface area contributed by atoms with Gasteiger partial charge in [0.2, 0.25) is 5.95 Å². The number of nitrogens with zero attached hydrogens (tertiary/aromatic N) is 8. The van der Waals surface area contributed by atoms with Crippen LogP contribution in [0.2, 0.25) is 0 Å². The van der Waals surface area contributed by atoms with Crippen molar-refractivity contribution in [3.63, 3.8) is 0 Å². The third-order valence-electron chi connectivity index (χ3n) is 11.2. The van der Waals surface area contributed by atoms with Crippen molar-refractivity contribution in [1.29, 1.82) is 0 Å². The largest absolute Gasteiger partial charge is 0.308 e. The number of aromatic nitrogens is 8. The highest BCUT2D eigenvalue weighted by Gasteiger charge is 2.30. The van der Waals surface area contributed by atoms with Gasteiger partial charge >= 0.3 is 0 Å². The van der Waals surface area contributed by atoms with Crippen molar-refractivity contribution in [2.24, 2.45) is 0 Å². The lowest BCUT2D eigenvalue weighted by Crippen LogP contribution is -2.06. The van der Waals surface area contributed by atoms with Crippen molar-refractivity contribution in [2.45, 2.75) is 0 Å². The Bertz CT molecular complexity index is 3460. The van der Waals surface area contributed by atoms with Crippen LogP contribution in [0.15, 0.2) is 194 Å². The number of fused-ring (bicyclic) bond motifs is 10. The molecule has 8 heteroatoms. The molecular weight excluding hydrogens is 725 g/mol. The maximum atomic E-state index is 5.71. The van der Waals surface area contributed by atoms with Crippen LogP contribution in [0, 0.1) is 0 Å². The topological polar surface area (TPSA) is 79.2 Å². The lowest BCUT2D eigenvalue weighted by atomic mass is 10.1. The van der Waals surface area contributed by atoms with E-state index in [2.05, 4.69) is 147 Å². The fourth-order valence-corrected chi connectivity index (χ4v) is 8.72. The second-order valence-electron chi connectivity index (χ2n) is 14.5. The molecule has 6 aromatic carbocycles. The maximum Gasteiger partial charge on any atom is 0.235 e. The molecule has 0 atom stereocenters. The number of para-hydroxylation sites is 4. The first-order chi connectivity index (χ1) is 29.3. The van der Waals surface area contributed by atoms with Gasteiger partial charge in [0.25, 0.3) is 0 Å². The molecule has 0 saturated heterocycles. The minimum absolute atomic E-state index is 0.505. The van der Waals surface area contributed by atoms with Crippen molar-refractivity contribution in [3.8, 4) is 51.5 Å². The molecule has 0 amide bonds. The minimum atomic E-state index is 0.505. The second-order valence-corrected chi connectivity index (χ2v) is 14.5. The fourth-order valence-electron chi connectivity index (χ4n) is 8.72. The van der Waals surface area contributed by atoms with E-state index in [0.29, 0.717) is 17.3 Å². The number of benzene rings is 6. The van der Waals surface area contributed by atoms with Gasteiger partial charge in [-0.05, 0) is 66.7 Å². The van der Waals surface area contributed by atoms with Gasteiger partial charge in [0, 0.05) is 50.9 Å². The molecule has 0 fully saturated rings. The Morgan fingerprint density at radius 2 is 0.864 bits per heavy atom. The van der Waals surface area contributed by atoms with Crippen LogP contribution in [-0.4, -0.2) is 38.6 Å². The number of imidazole rings is 1. The minimum Gasteiger partial charge on any atom is -0.308 e. The highest BCUT2D eigenvalue weighted by molar-refractivity contribution is 6.36. The Hall–Kier alpha value is -8.23. The van der Waals surface area contributed by atoms with Gasteiger partial charge in [-0.15, -0.1) is 0 Å². The number of hydrogen-bond acceptors (Lipinski definition) is 5. The lowest BCUT2D eigenvalue weighted by Gasteiger charge is -2.14. The van der Waals surface area contributed by atoms with E-state index in [0.717, 1.165) is 88.8 Å². The third kappa shape index (κ3) is 5.06.